The fraction of sp³-hybridized carbons (Fsp3) is 0.231. The highest BCUT2D eigenvalue weighted by atomic mass is 79.9. The number of hydrogen-bond donors (Lipinski definition) is 1. The zero-order valence-corrected chi connectivity index (χ0v) is 11.2. The van der Waals surface area contributed by atoms with E-state index < -0.39 is 0 Å². The van der Waals surface area contributed by atoms with Gasteiger partial charge < -0.3 is 9.73 Å². The number of hydrogen-bond acceptors (Lipinski definition) is 2. The van der Waals surface area contributed by atoms with Crippen molar-refractivity contribution in [1.82, 2.24) is 5.32 Å². The van der Waals surface area contributed by atoms with Crippen molar-refractivity contribution in [3.05, 3.63) is 57.7 Å². The molecule has 17 heavy (non-hydrogen) atoms. The first-order valence-electron chi connectivity index (χ1n) is 5.29. The number of furan rings is 1. The number of benzene rings is 1. The van der Waals surface area contributed by atoms with Crippen LogP contribution in [0.4, 0.5) is 4.39 Å². The van der Waals surface area contributed by atoms with Crippen LogP contribution in [-0.2, 0) is 0 Å². The summed E-state index contributed by atoms with van der Waals surface area (Å²) >= 11 is 3.39. The summed E-state index contributed by atoms with van der Waals surface area (Å²) in [6.07, 6.45) is 1.58. The van der Waals surface area contributed by atoms with Crippen molar-refractivity contribution < 1.29 is 8.81 Å². The first-order chi connectivity index (χ1) is 8.13. The third-order valence-corrected chi connectivity index (χ3v) is 3.32. The minimum Gasteiger partial charge on any atom is -0.466 e. The monoisotopic (exact) mass is 297 g/mol. The van der Waals surface area contributed by atoms with Gasteiger partial charge in [0.05, 0.1) is 16.8 Å². The molecule has 4 heteroatoms. The summed E-state index contributed by atoms with van der Waals surface area (Å²) in [5, 5.41) is 3.06. The second-order valence-corrected chi connectivity index (χ2v) is 4.73. The lowest BCUT2D eigenvalue weighted by Crippen LogP contribution is -2.18. The van der Waals surface area contributed by atoms with E-state index in [0.717, 1.165) is 10.0 Å². The van der Waals surface area contributed by atoms with Gasteiger partial charge in [-0.15, -0.1) is 0 Å². The topological polar surface area (TPSA) is 25.2 Å². The van der Waals surface area contributed by atoms with E-state index in [1.54, 1.807) is 25.4 Å². The van der Waals surface area contributed by atoms with Crippen molar-refractivity contribution >= 4 is 15.9 Å². The van der Waals surface area contributed by atoms with Crippen LogP contribution in [0.2, 0.25) is 0 Å². The Bertz CT molecular complexity index is 524. The predicted octanol–water partition coefficient (Wildman–Crippen LogP) is 3.80. The molecule has 0 bridgehead atoms. The maximum Gasteiger partial charge on any atom is 0.139 e. The molecule has 0 fully saturated rings. The fourth-order valence-corrected chi connectivity index (χ4v) is 2.24. The number of halogens is 2. The molecular weight excluding hydrogens is 285 g/mol. The van der Waals surface area contributed by atoms with Crippen molar-refractivity contribution in [2.75, 3.05) is 7.05 Å². The maximum absolute atomic E-state index is 13.9. The summed E-state index contributed by atoms with van der Waals surface area (Å²) in [5.41, 5.74) is 1.48. The largest absolute Gasteiger partial charge is 0.466 e. The third-order valence-electron chi connectivity index (χ3n) is 2.66. The number of aryl methyl sites for hydroxylation is 1. The second kappa shape index (κ2) is 5.02. The van der Waals surface area contributed by atoms with Crippen LogP contribution in [0.5, 0.6) is 0 Å². The van der Waals surface area contributed by atoms with Crippen molar-refractivity contribution in [3.63, 3.8) is 0 Å². The van der Waals surface area contributed by atoms with Gasteiger partial charge in [0, 0.05) is 5.56 Å². The molecule has 1 aromatic heterocycles. The molecule has 1 N–H and O–H groups in total. The molecule has 0 amide bonds. The Morgan fingerprint density at radius 1 is 1.35 bits per heavy atom. The molecule has 0 aliphatic heterocycles. The smallest absolute Gasteiger partial charge is 0.139 e. The molecule has 0 spiro atoms. The highest BCUT2D eigenvalue weighted by Gasteiger charge is 2.21. The SMILES string of the molecule is CNC(c1ccc(C)cc1F)c1occc1Br. The molecule has 0 saturated heterocycles. The van der Waals surface area contributed by atoms with Gasteiger partial charge in [0.25, 0.3) is 0 Å². The van der Waals surface area contributed by atoms with Crippen LogP contribution in [0, 0.1) is 12.7 Å². The molecule has 1 atom stereocenters. The van der Waals surface area contributed by atoms with E-state index in [1.165, 1.54) is 6.07 Å². The fourth-order valence-electron chi connectivity index (χ4n) is 1.81. The molecule has 0 aliphatic carbocycles. The van der Waals surface area contributed by atoms with Gasteiger partial charge in [-0.05, 0) is 47.6 Å². The zero-order chi connectivity index (χ0) is 12.4. The number of rotatable bonds is 3. The summed E-state index contributed by atoms with van der Waals surface area (Å²) < 4.78 is 20.1. The summed E-state index contributed by atoms with van der Waals surface area (Å²) in [6.45, 7) is 1.87. The van der Waals surface area contributed by atoms with Gasteiger partial charge in [0.1, 0.15) is 11.6 Å². The Balaban J connectivity index is 2.46. The van der Waals surface area contributed by atoms with Crippen LogP contribution >= 0.6 is 15.9 Å². The molecule has 90 valence electrons. The van der Waals surface area contributed by atoms with Crippen LogP contribution < -0.4 is 5.32 Å². The van der Waals surface area contributed by atoms with E-state index in [1.807, 2.05) is 13.0 Å². The molecule has 0 saturated carbocycles. The molecule has 2 rings (SSSR count). The molecule has 1 aromatic carbocycles. The molecule has 0 radical (unpaired) electrons. The van der Waals surface area contributed by atoms with Crippen molar-refractivity contribution in [3.8, 4) is 0 Å². The van der Waals surface area contributed by atoms with Gasteiger partial charge in [-0.3, -0.25) is 0 Å². The lowest BCUT2D eigenvalue weighted by atomic mass is 10.0. The van der Waals surface area contributed by atoms with E-state index in [0.29, 0.717) is 11.3 Å². The maximum atomic E-state index is 13.9. The van der Waals surface area contributed by atoms with Crippen LogP contribution in [0.25, 0.3) is 0 Å². The normalized spacial score (nSPS) is 12.7. The van der Waals surface area contributed by atoms with E-state index in [2.05, 4.69) is 21.2 Å². The van der Waals surface area contributed by atoms with Gasteiger partial charge in [-0.1, -0.05) is 12.1 Å². The van der Waals surface area contributed by atoms with Gasteiger partial charge in [0.2, 0.25) is 0 Å². The third kappa shape index (κ3) is 2.42. The number of nitrogens with one attached hydrogen (secondary N) is 1. The van der Waals surface area contributed by atoms with E-state index in [-0.39, 0.29) is 11.9 Å². The Morgan fingerprint density at radius 2 is 2.12 bits per heavy atom. The highest BCUT2D eigenvalue weighted by Crippen LogP contribution is 2.30. The van der Waals surface area contributed by atoms with Gasteiger partial charge >= 0.3 is 0 Å². The lowest BCUT2D eigenvalue weighted by Gasteiger charge is -2.16. The van der Waals surface area contributed by atoms with Crippen molar-refractivity contribution in [1.29, 1.82) is 0 Å². The summed E-state index contributed by atoms with van der Waals surface area (Å²) in [4.78, 5) is 0. The van der Waals surface area contributed by atoms with Crippen LogP contribution in [0.15, 0.2) is 39.4 Å². The summed E-state index contributed by atoms with van der Waals surface area (Å²) in [7, 11) is 1.78. The van der Waals surface area contributed by atoms with Gasteiger partial charge in [-0.25, -0.2) is 4.39 Å². The molecular formula is C13H13BrFNO. The average molecular weight is 298 g/mol. The lowest BCUT2D eigenvalue weighted by molar-refractivity contribution is 0.450. The van der Waals surface area contributed by atoms with Gasteiger partial charge in [0.15, 0.2) is 0 Å². The van der Waals surface area contributed by atoms with Gasteiger partial charge in [-0.2, -0.15) is 0 Å². The molecule has 2 nitrogen and oxygen atoms in total. The van der Waals surface area contributed by atoms with Crippen LogP contribution in [0.3, 0.4) is 0 Å². The van der Waals surface area contributed by atoms with E-state index >= 15 is 0 Å². The van der Waals surface area contributed by atoms with E-state index in [4.69, 9.17) is 4.42 Å². The predicted molar refractivity (Wildman–Crippen MR) is 68.4 cm³/mol. The van der Waals surface area contributed by atoms with Crippen LogP contribution in [0.1, 0.15) is 22.9 Å². The Kier molecular flexibility index (Phi) is 3.64. The summed E-state index contributed by atoms with van der Waals surface area (Å²) in [5.74, 6) is 0.447. The van der Waals surface area contributed by atoms with E-state index in [9.17, 15) is 4.39 Å². The standard InChI is InChI=1S/C13H13BrFNO/c1-8-3-4-9(11(15)7-8)12(16-2)13-10(14)5-6-17-13/h3-7,12,16H,1-2H3. The van der Waals surface area contributed by atoms with Crippen molar-refractivity contribution in [2.45, 2.75) is 13.0 Å². The molecule has 0 aliphatic rings. The molecule has 2 aromatic rings. The average Bonchev–Trinajstić information content (AvgIpc) is 2.69. The quantitative estimate of drug-likeness (QED) is 0.932. The molecule has 1 unspecified atom stereocenters. The molecule has 1 heterocycles. The summed E-state index contributed by atoms with van der Waals surface area (Å²) in [6, 6.07) is 6.70. The Hall–Kier alpha value is -1.13. The van der Waals surface area contributed by atoms with Crippen LogP contribution in [-0.4, -0.2) is 7.05 Å². The minimum absolute atomic E-state index is 0.229. The first-order valence-corrected chi connectivity index (χ1v) is 6.09. The van der Waals surface area contributed by atoms with Crippen molar-refractivity contribution in [2.24, 2.45) is 0 Å². The zero-order valence-electron chi connectivity index (χ0n) is 9.63. The first kappa shape index (κ1) is 12.3. The second-order valence-electron chi connectivity index (χ2n) is 3.88. The minimum atomic E-state index is -0.292. The Labute approximate surface area is 108 Å². The Morgan fingerprint density at radius 3 is 2.65 bits per heavy atom. The highest BCUT2D eigenvalue weighted by molar-refractivity contribution is 9.10.